The molecule has 5 rings (SSSR count). The lowest BCUT2D eigenvalue weighted by molar-refractivity contribution is 1.67. The van der Waals surface area contributed by atoms with Crippen molar-refractivity contribution in [2.45, 2.75) is 0 Å². The number of hydrogen-bond donors (Lipinski definition) is 0. The van der Waals surface area contributed by atoms with Crippen LogP contribution in [0.5, 0.6) is 0 Å². The molecule has 0 nitrogen and oxygen atoms in total. The van der Waals surface area contributed by atoms with Crippen LogP contribution in [0.3, 0.4) is 0 Å². The lowest BCUT2D eigenvalue weighted by Crippen LogP contribution is -1.87. The topological polar surface area (TPSA) is 0 Å². The second-order valence-corrected chi connectivity index (χ2v) is 5.75. The van der Waals surface area contributed by atoms with Gasteiger partial charge in [-0.3, -0.25) is 0 Å². The number of benzene rings is 5. The zero-order chi connectivity index (χ0) is 14.5. The molecule has 0 amide bonds. The largest absolute Gasteiger partial charge is 0.0622 e. The van der Waals surface area contributed by atoms with E-state index in [1.807, 2.05) is 0 Å². The summed E-state index contributed by atoms with van der Waals surface area (Å²) in [6, 6.07) is 31.5. The fourth-order valence-corrected chi connectivity index (χ4v) is 3.53. The minimum atomic E-state index is 1.20. The average molecular weight is 277 g/mol. The van der Waals surface area contributed by atoms with Gasteiger partial charge >= 0.3 is 0 Å². The molecule has 5 aromatic rings. The van der Waals surface area contributed by atoms with Gasteiger partial charge in [-0.2, -0.15) is 0 Å². The Bertz CT molecular complexity index is 1100. The molecule has 0 fully saturated rings. The van der Waals surface area contributed by atoms with E-state index in [0.29, 0.717) is 0 Å². The Hall–Kier alpha value is -2.86. The summed E-state index contributed by atoms with van der Waals surface area (Å²) in [7, 11) is 0. The van der Waals surface area contributed by atoms with Crippen molar-refractivity contribution >= 4 is 32.3 Å². The van der Waals surface area contributed by atoms with Crippen LogP contribution in [-0.2, 0) is 0 Å². The highest BCUT2D eigenvalue weighted by molar-refractivity contribution is 6.26. The van der Waals surface area contributed by atoms with E-state index in [9.17, 15) is 0 Å². The molecule has 0 aliphatic heterocycles. The normalized spacial score (nSPS) is 11.6. The highest BCUT2D eigenvalue weighted by Gasteiger charge is 2.12. The van der Waals surface area contributed by atoms with Crippen LogP contribution in [0.1, 0.15) is 0 Å². The maximum atomic E-state index is 3.42. The van der Waals surface area contributed by atoms with Crippen molar-refractivity contribution in [2.75, 3.05) is 0 Å². The van der Waals surface area contributed by atoms with Crippen LogP contribution in [0.15, 0.2) is 78.9 Å². The van der Waals surface area contributed by atoms with Gasteiger partial charge in [0.15, 0.2) is 0 Å². The molecular weight excluding hydrogens is 264 g/mol. The third-order valence-corrected chi connectivity index (χ3v) is 4.50. The SMILES string of the molecule is [c]1cc2cccc3c(-c4ccccc4)cc4cccc1c4c23. The van der Waals surface area contributed by atoms with Crippen LogP contribution in [-0.4, -0.2) is 0 Å². The summed E-state index contributed by atoms with van der Waals surface area (Å²) in [6.45, 7) is 0. The van der Waals surface area contributed by atoms with Crippen molar-refractivity contribution in [3.05, 3.63) is 84.9 Å². The van der Waals surface area contributed by atoms with Crippen LogP contribution in [0.25, 0.3) is 43.4 Å². The van der Waals surface area contributed by atoms with Gasteiger partial charge in [0.25, 0.3) is 0 Å². The van der Waals surface area contributed by atoms with Crippen molar-refractivity contribution in [3.8, 4) is 11.1 Å². The van der Waals surface area contributed by atoms with Gasteiger partial charge in [0.2, 0.25) is 0 Å². The third kappa shape index (κ3) is 1.52. The minimum Gasteiger partial charge on any atom is -0.0622 e. The molecule has 0 atom stereocenters. The monoisotopic (exact) mass is 277 g/mol. The molecule has 0 heteroatoms. The molecule has 0 spiro atoms. The van der Waals surface area contributed by atoms with E-state index in [1.54, 1.807) is 0 Å². The Kier molecular flexibility index (Phi) is 2.31. The summed E-state index contributed by atoms with van der Waals surface area (Å²) in [5.74, 6) is 0. The Morgan fingerprint density at radius 3 is 2.36 bits per heavy atom. The smallest absolute Gasteiger partial charge is 0.00201 e. The summed E-state index contributed by atoms with van der Waals surface area (Å²) in [4.78, 5) is 0. The van der Waals surface area contributed by atoms with Crippen molar-refractivity contribution in [2.24, 2.45) is 0 Å². The van der Waals surface area contributed by atoms with E-state index < -0.39 is 0 Å². The molecule has 22 heavy (non-hydrogen) atoms. The van der Waals surface area contributed by atoms with Gasteiger partial charge in [-0.1, -0.05) is 66.7 Å². The minimum absolute atomic E-state index is 1.20. The summed E-state index contributed by atoms with van der Waals surface area (Å²) in [6.07, 6.45) is 0. The Balaban J connectivity index is 2.07. The summed E-state index contributed by atoms with van der Waals surface area (Å²) >= 11 is 0. The Labute approximate surface area is 129 Å². The van der Waals surface area contributed by atoms with Crippen molar-refractivity contribution in [3.63, 3.8) is 0 Å². The molecule has 5 aromatic carbocycles. The van der Waals surface area contributed by atoms with Gasteiger partial charge in [0.1, 0.15) is 0 Å². The first-order chi connectivity index (χ1) is 10.9. The summed E-state index contributed by atoms with van der Waals surface area (Å²) in [5.41, 5.74) is 2.57. The molecule has 0 N–H and O–H groups in total. The molecule has 0 heterocycles. The predicted octanol–water partition coefficient (Wildman–Crippen LogP) is 6.05. The molecule has 0 bridgehead atoms. The first-order valence-corrected chi connectivity index (χ1v) is 7.55. The van der Waals surface area contributed by atoms with Gasteiger partial charge in [0.05, 0.1) is 0 Å². The fraction of sp³-hybridized carbons (Fsp3) is 0. The van der Waals surface area contributed by atoms with Gasteiger partial charge in [0, 0.05) is 0 Å². The molecular formula is C22H13. The van der Waals surface area contributed by atoms with E-state index in [2.05, 4.69) is 84.9 Å². The quantitative estimate of drug-likeness (QED) is 0.327. The predicted molar refractivity (Wildman–Crippen MR) is 94.4 cm³/mol. The molecule has 1 radical (unpaired) electrons. The van der Waals surface area contributed by atoms with Crippen LogP contribution < -0.4 is 0 Å². The molecule has 0 aliphatic rings. The van der Waals surface area contributed by atoms with Crippen LogP contribution in [0, 0.1) is 6.07 Å². The highest BCUT2D eigenvalue weighted by Crippen LogP contribution is 2.39. The zero-order valence-electron chi connectivity index (χ0n) is 12.0. The molecule has 0 saturated carbocycles. The van der Waals surface area contributed by atoms with E-state index in [4.69, 9.17) is 0 Å². The van der Waals surface area contributed by atoms with E-state index >= 15 is 0 Å². The van der Waals surface area contributed by atoms with E-state index in [0.717, 1.165) is 0 Å². The average Bonchev–Trinajstić information content (AvgIpc) is 2.60. The zero-order valence-corrected chi connectivity index (χ0v) is 12.0. The van der Waals surface area contributed by atoms with Crippen molar-refractivity contribution in [1.82, 2.24) is 0 Å². The second-order valence-electron chi connectivity index (χ2n) is 5.75. The third-order valence-electron chi connectivity index (χ3n) is 4.50. The van der Waals surface area contributed by atoms with Gasteiger partial charge in [-0.25, -0.2) is 0 Å². The maximum absolute atomic E-state index is 3.42. The first kappa shape index (κ1) is 11.8. The van der Waals surface area contributed by atoms with E-state index in [-0.39, 0.29) is 0 Å². The van der Waals surface area contributed by atoms with Crippen molar-refractivity contribution < 1.29 is 0 Å². The summed E-state index contributed by atoms with van der Waals surface area (Å²) < 4.78 is 0. The van der Waals surface area contributed by atoms with Gasteiger partial charge in [-0.05, 0) is 61.6 Å². The number of rotatable bonds is 1. The van der Waals surface area contributed by atoms with Crippen molar-refractivity contribution in [1.29, 1.82) is 0 Å². The van der Waals surface area contributed by atoms with Crippen LogP contribution in [0.4, 0.5) is 0 Å². The standard InChI is InChI=1S/C22H13/c1-2-6-15(7-3-1)20-14-18-10-4-8-16-12-13-17-9-5-11-19(20)22(17)21(16)18/h1-11,13-14H. The maximum Gasteiger partial charge on any atom is -0.00201 e. The molecule has 0 saturated heterocycles. The second kappa shape index (κ2) is 4.32. The lowest BCUT2D eigenvalue weighted by Gasteiger charge is -2.14. The fourth-order valence-electron chi connectivity index (χ4n) is 3.53. The number of hydrogen-bond acceptors (Lipinski definition) is 0. The Morgan fingerprint density at radius 2 is 1.45 bits per heavy atom. The first-order valence-electron chi connectivity index (χ1n) is 7.55. The lowest BCUT2D eigenvalue weighted by atomic mass is 9.89. The van der Waals surface area contributed by atoms with Crippen LogP contribution >= 0.6 is 0 Å². The molecule has 0 aromatic heterocycles. The van der Waals surface area contributed by atoms with Gasteiger partial charge in [-0.15, -0.1) is 0 Å². The van der Waals surface area contributed by atoms with Gasteiger partial charge < -0.3 is 0 Å². The molecule has 0 unspecified atom stereocenters. The molecule has 101 valence electrons. The molecule has 0 aliphatic carbocycles. The van der Waals surface area contributed by atoms with E-state index in [1.165, 1.54) is 43.4 Å². The Morgan fingerprint density at radius 1 is 0.636 bits per heavy atom. The summed E-state index contributed by atoms with van der Waals surface area (Å²) in [5, 5.41) is 7.75. The highest BCUT2D eigenvalue weighted by atomic mass is 14.1. The van der Waals surface area contributed by atoms with Crippen LogP contribution in [0.2, 0.25) is 0 Å².